The highest BCUT2D eigenvalue weighted by atomic mass is 19.1. The first-order valence-electron chi connectivity index (χ1n) is 13.7. The van der Waals surface area contributed by atoms with Crippen LogP contribution < -0.4 is 15.4 Å². The molecule has 4 atom stereocenters. The van der Waals surface area contributed by atoms with E-state index in [-0.39, 0.29) is 35.4 Å². The number of fused-ring (bicyclic) bond motifs is 1. The van der Waals surface area contributed by atoms with Crippen LogP contribution in [0.25, 0.3) is 22.3 Å². The van der Waals surface area contributed by atoms with Crippen LogP contribution in [0.4, 0.5) is 4.39 Å². The van der Waals surface area contributed by atoms with Crippen molar-refractivity contribution in [1.29, 1.82) is 0 Å². The Labute approximate surface area is 227 Å². The highest BCUT2D eigenvalue weighted by Gasteiger charge is 2.32. The van der Waals surface area contributed by atoms with E-state index in [9.17, 15) is 14.7 Å². The molecule has 3 aromatic rings. The fraction of sp³-hybridized carbons (Fsp3) is 0.517. The number of amides is 2. The summed E-state index contributed by atoms with van der Waals surface area (Å²) >= 11 is 0. The molecular formula is C29H36FN5O4. The number of rotatable bonds is 8. The van der Waals surface area contributed by atoms with Crippen LogP contribution in [0.2, 0.25) is 0 Å². The van der Waals surface area contributed by atoms with Crippen molar-refractivity contribution >= 4 is 22.8 Å². The van der Waals surface area contributed by atoms with Gasteiger partial charge in [-0.2, -0.15) is 0 Å². The molecule has 4 N–H and O–H groups in total. The average Bonchev–Trinajstić information content (AvgIpc) is 3.65. The number of hydrogen-bond acceptors (Lipinski definition) is 6. The fourth-order valence-electron chi connectivity index (χ4n) is 5.39. The van der Waals surface area contributed by atoms with E-state index in [0.29, 0.717) is 71.1 Å². The third-order valence-corrected chi connectivity index (χ3v) is 7.92. The number of aliphatic hydroxyl groups excluding tert-OH is 1. The summed E-state index contributed by atoms with van der Waals surface area (Å²) in [5.74, 6) is 0.00472. The molecule has 2 heterocycles. The minimum absolute atomic E-state index is 0.0501. The molecule has 10 heteroatoms. The molecule has 208 valence electrons. The standard InChI is InChI=1S/C29H36FN5O4/c1-14-5-10-21(39-12-18-6-7-18)23(24(14)30)26-27-25(31-13-32-26)22(16(3)33-27)29(38)34-19-8-9-20(15(2)11-19)35-28(37)17(4)36/h5,10,13,15,17-20,33,36H,6-9,11-12H2,1-4H3,(H,34,38)(H,35,37)/t15?,17-,19?,20?/m0/s1. The van der Waals surface area contributed by atoms with E-state index in [1.807, 2.05) is 6.92 Å². The molecule has 2 fully saturated rings. The molecule has 3 unspecified atom stereocenters. The van der Waals surface area contributed by atoms with E-state index in [0.717, 1.165) is 12.8 Å². The molecule has 2 aromatic heterocycles. The number of benzene rings is 1. The van der Waals surface area contributed by atoms with Crippen LogP contribution in [-0.4, -0.2) is 56.7 Å². The Morgan fingerprint density at radius 3 is 2.64 bits per heavy atom. The Kier molecular flexibility index (Phi) is 7.57. The van der Waals surface area contributed by atoms with Gasteiger partial charge in [0, 0.05) is 17.8 Å². The number of carbonyl (C=O) groups is 2. The number of halogens is 1. The molecule has 0 spiro atoms. The zero-order chi connectivity index (χ0) is 27.8. The van der Waals surface area contributed by atoms with Crippen molar-refractivity contribution in [3.63, 3.8) is 0 Å². The number of nitrogens with one attached hydrogen (secondary N) is 3. The molecule has 9 nitrogen and oxygen atoms in total. The van der Waals surface area contributed by atoms with Crippen molar-refractivity contribution < 1.29 is 23.8 Å². The predicted molar refractivity (Wildman–Crippen MR) is 145 cm³/mol. The van der Waals surface area contributed by atoms with Gasteiger partial charge in [-0.3, -0.25) is 9.59 Å². The Morgan fingerprint density at radius 1 is 1.18 bits per heavy atom. The Hall–Kier alpha value is -3.53. The smallest absolute Gasteiger partial charge is 0.255 e. The first-order chi connectivity index (χ1) is 18.6. The Bertz CT molecular complexity index is 1400. The number of hydrogen-bond donors (Lipinski definition) is 4. The molecule has 1 aromatic carbocycles. The topological polar surface area (TPSA) is 129 Å². The summed E-state index contributed by atoms with van der Waals surface area (Å²) in [6.45, 7) is 7.50. The SMILES string of the molecule is Cc1ccc(OCC2CC2)c(-c2ncnc3c(C(=O)NC4CCC(NC(=O)[C@H](C)O)C(C)C4)c(C)[nH]c23)c1F. The van der Waals surface area contributed by atoms with Crippen molar-refractivity contribution in [2.24, 2.45) is 11.8 Å². The lowest BCUT2D eigenvalue weighted by atomic mass is 9.82. The van der Waals surface area contributed by atoms with Gasteiger partial charge in [0.15, 0.2) is 0 Å². The quantitative estimate of drug-likeness (QED) is 0.344. The van der Waals surface area contributed by atoms with E-state index >= 15 is 4.39 Å². The van der Waals surface area contributed by atoms with Crippen molar-refractivity contribution in [1.82, 2.24) is 25.6 Å². The summed E-state index contributed by atoms with van der Waals surface area (Å²) in [7, 11) is 0. The van der Waals surface area contributed by atoms with Crippen LogP contribution in [0, 0.1) is 31.5 Å². The zero-order valence-electron chi connectivity index (χ0n) is 22.8. The number of aromatic nitrogens is 3. The molecule has 2 saturated carbocycles. The van der Waals surface area contributed by atoms with Crippen LogP contribution in [0.5, 0.6) is 5.75 Å². The molecule has 0 aliphatic heterocycles. The molecule has 0 radical (unpaired) electrons. The minimum Gasteiger partial charge on any atom is -0.492 e. The van der Waals surface area contributed by atoms with Crippen molar-refractivity contribution in [2.75, 3.05) is 6.61 Å². The van der Waals surface area contributed by atoms with Gasteiger partial charge in [-0.15, -0.1) is 0 Å². The third-order valence-electron chi connectivity index (χ3n) is 7.92. The van der Waals surface area contributed by atoms with E-state index in [1.165, 1.54) is 13.3 Å². The van der Waals surface area contributed by atoms with Gasteiger partial charge in [-0.25, -0.2) is 14.4 Å². The van der Waals surface area contributed by atoms with Crippen LogP contribution in [-0.2, 0) is 4.79 Å². The number of aliphatic hydroxyl groups is 1. The number of aromatic amines is 1. The normalized spacial score (nSPS) is 21.9. The molecule has 2 aliphatic rings. The molecule has 0 bridgehead atoms. The molecule has 5 rings (SSSR count). The number of aryl methyl sites for hydroxylation is 2. The number of nitrogens with zero attached hydrogens (tertiary/aromatic N) is 2. The molecule has 0 saturated heterocycles. The first-order valence-corrected chi connectivity index (χ1v) is 13.7. The largest absolute Gasteiger partial charge is 0.492 e. The average molecular weight is 538 g/mol. The number of ether oxygens (including phenoxy) is 1. The van der Waals surface area contributed by atoms with Gasteiger partial charge >= 0.3 is 0 Å². The summed E-state index contributed by atoms with van der Waals surface area (Å²) in [6.07, 6.45) is 4.61. The van der Waals surface area contributed by atoms with Crippen LogP contribution >= 0.6 is 0 Å². The number of H-pyrrole nitrogens is 1. The maximum Gasteiger partial charge on any atom is 0.255 e. The molecule has 2 aliphatic carbocycles. The Morgan fingerprint density at radius 2 is 1.95 bits per heavy atom. The minimum atomic E-state index is -1.06. The fourth-order valence-corrected chi connectivity index (χ4v) is 5.39. The van der Waals surface area contributed by atoms with Crippen LogP contribution in [0.1, 0.15) is 67.6 Å². The number of carbonyl (C=O) groups excluding carboxylic acids is 2. The third kappa shape index (κ3) is 5.61. The highest BCUT2D eigenvalue weighted by Crippen LogP contribution is 2.39. The van der Waals surface area contributed by atoms with Gasteiger partial charge in [0.05, 0.1) is 23.3 Å². The van der Waals surface area contributed by atoms with Gasteiger partial charge in [0.1, 0.15) is 35.2 Å². The molecule has 39 heavy (non-hydrogen) atoms. The van der Waals surface area contributed by atoms with Gasteiger partial charge in [-0.05, 0) is 76.3 Å². The van der Waals surface area contributed by atoms with Gasteiger partial charge in [0.2, 0.25) is 5.91 Å². The second kappa shape index (κ2) is 10.9. The lowest BCUT2D eigenvalue weighted by molar-refractivity contribution is -0.129. The summed E-state index contributed by atoms with van der Waals surface area (Å²) in [4.78, 5) is 37.5. The van der Waals surface area contributed by atoms with Crippen LogP contribution in [0.3, 0.4) is 0 Å². The maximum atomic E-state index is 15.5. The van der Waals surface area contributed by atoms with Gasteiger partial charge < -0.3 is 25.5 Å². The van der Waals surface area contributed by atoms with Crippen molar-refractivity contribution in [3.05, 3.63) is 41.1 Å². The van der Waals surface area contributed by atoms with Gasteiger partial charge in [0.25, 0.3) is 5.91 Å². The lowest BCUT2D eigenvalue weighted by Gasteiger charge is -2.35. The second-order valence-electron chi connectivity index (χ2n) is 11.1. The Balaban J connectivity index is 1.39. The van der Waals surface area contributed by atoms with Crippen LogP contribution in [0.15, 0.2) is 18.5 Å². The second-order valence-corrected chi connectivity index (χ2v) is 11.1. The maximum absolute atomic E-state index is 15.5. The summed E-state index contributed by atoms with van der Waals surface area (Å²) in [5, 5.41) is 15.5. The van der Waals surface area contributed by atoms with Gasteiger partial charge in [-0.1, -0.05) is 13.0 Å². The molecular weight excluding hydrogens is 501 g/mol. The van der Waals surface area contributed by atoms with Crippen molar-refractivity contribution in [3.8, 4) is 17.0 Å². The predicted octanol–water partition coefficient (Wildman–Crippen LogP) is 3.95. The summed E-state index contributed by atoms with van der Waals surface area (Å²) in [6, 6.07) is 3.35. The highest BCUT2D eigenvalue weighted by molar-refractivity contribution is 6.09. The first kappa shape index (κ1) is 27.1. The van der Waals surface area contributed by atoms with E-state index < -0.39 is 11.9 Å². The zero-order valence-corrected chi connectivity index (χ0v) is 22.8. The monoisotopic (exact) mass is 537 g/mol. The molecule has 2 amide bonds. The summed E-state index contributed by atoms with van der Waals surface area (Å²) < 4.78 is 21.5. The van der Waals surface area contributed by atoms with Crippen molar-refractivity contribution in [2.45, 2.75) is 78.0 Å². The van der Waals surface area contributed by atoms with E-state index in [2.05, 4.69) is 25.6 Å². The van der Waals surface area contributed by atoms with E-state index in [4.69, 9.17) is 4.74 Å². The van der Waals surface area contributed by atoms with E-state index in [1.54, 1.807) is 26.0 Å². The summed E-state index contributed by atoms with van der Waals surface area (Å²) in [5.41, 5.74) is 3.03. The lowest BCUT2D eigenvalue weighted by Crippen LogP contribution is -2.49.